The first kappa shape index (κ1) is 14.3. The summed E-state index contributed by atoms with van der Waals surface area (Å²) in [7, 11) is 0. The smallest absolute Gasteiger partial charge is 0.220 e. The SMILES string of the molecule is Cc1noc(C)c1CCC(=O)NCC(O)c1ccco1. The highest BCUT2D eigenvalue weighted by Crippen LogP contribution is 2.14. The molecule has 0 bridgehead atoms. The Hall–Kier alpha value is -2.08. The fourth-order valence-electron chi connectivity index (χ4n) is 1.98. The Balaban J connectivity index is 1.76. The number of aliphatic hydroxyl groups excluding tert-OH is 1. The van der Waals surface area contributed by atoms with E-state index in [9.17, 15) is 9.90 Å². The second-order valence-corrected chi connectivity index (χ2v) is 4.64. The van der Waals surface area contributed by atoms with Gasteiger partial charge in [-0.15, -0.1) is 0 Å². The van der Waals surface area contributed by atoms with E-state index in [-0.39, 0.29) is 12.5 Å². The summed E-state index contributed by atoms with van der Waals surface area (Å²) in [5.41, 5.74) is 1.78. The molecule has 0 aliphatic rings. The summed E-state index contributed by atoms with van der Waals surface area (Å²) in [4.78, 5) is 11.7. The number of amides is 1. The number of nitrogens with zero attached hydrogens (tertiary/aromatic N) is 1. The minimum absolute atomic E-state index is 0.129. The molecule has 0 radical (unpaired) electrons. The molecule has 2 rings (SSSR count). The van der Waals surface area contributed by atoms with Crippen molar-refractivity contribution in [1.29, 1.82) is 0 Å². The number of hydrogen-bond donors (Lipinski definition) is 2. The molecule has 0 fully saturated rings. The van der Waals surface area contributed by atoms with E-state index in [1.54, 1.807) is 12.1 Å². The van der Waals surface area contributed by atoms with E-state index >= 15 is 0 Å². The Morgan fingerprint density at radius 2 is 2.30 bits per heavy atom. The Labute approximate surface area is 116 Å². The lowest BCUT2D eigenvalue weighted by Crippen LogP contribution is -2.28. The van der Waals surface area contributed by atoms with Crippen LogP contribution in [0.4, 0.5) is 0 Å². The maximum atomic E-state index is 11.7. The average Bonchev–Trinajstić information content (AvgIpc) is 3.05. The van der Waals surface area contributed by atoms with Crippen LogP contribution in [0.5, 0.6) is 0 Å². The second-order valence-electron chi connectivity index (χ2n) is 4.64. The van der Waals surface area contributed by atoms with Gasteiger partial charge in [-0.2, -0.15) is 0 Å². The summed E-state index contributed by atoms with van der Waals surface area (Å²) in [6.07, 6.45) is 1.56. The van der Waals surface area contributed by atoms with Gasteiger partial charge in [-0.1, -0.05) is 5.16 Å². The highest BCUT2D eigenvalue weighted by molar-refractivity contribution is 5.76. The van der Waals surface area contributed by atoms with Crippen molar-refractivity contribution in [1.82, 2.24) is 10.5 Å². The topological polar surface area (TPSA) is 88.5 Å². The normalized spacial score (nSPS) is 12.3. The molecule has 1 unspecified atom stereocenters. The standard InChI is InChI=1S/C14H18N2O4/c1-9-11(10(2)20-16-9)5-6-14(18)15-8-12(17)13-4-3-7-19-13/h3-4,7,12,17H,5-6,8H2,1-2H3,(H,15,18). The van der Waals surface area contributed by atoms with Gasteiger partial charge < -0.3 is 19.4 Å². The molecule has 108 valence electrons. The van der Waals surface area contributed by atoms with Crippen LogP contribution in [0.15, 0.2) is 27.3 Å². The quantitative estimate of drug-likeness (QED) is 0.839. The number of aryl methyl sites for hydroxylation is 2. The number of aliphatic hydroxyl groups is 1. The fourth-order valence-corrected chi connectivity index (χ4v) is 1.98. The summed E-state index contributed by atoms with van der Waals surface area (Å²) in [6.45, 7) is 3.81. The molecule has 2 aromatic heterocycles. The zero-order valence-corrected chi connectivity index (χ0v) is 11.5. The Morgan fingerprint density at radius 3 is 2.90 bits per heavy atom. The minimum Gasteiger partial charge on any atom is -0.467 e. The monoisotopic (exact) mass is 278 g/mol. The molecule has 0 aromatic carbocycles. The van der Waals surface area contributed by atoms with Gasteiger partial charge in [0.05, 0.1) is 18.5 Å². The van der Waals surface area contributed by atoms with E-state index in [0.717, 1.165) is 17.0 Å². The van der Waals surface area contributed by atoms with Gasteiger partial charge in [0.15, 0.2) is 0 Å². The zero-order chi connectivity index (χ0) is 14.5. The van der Waals surface area contributed by atoms with Crippen LogP contribution in [-0.4, -0.2) is 22.7 Å². The van der Waals surface area contributed by atoms with Crippen molar-refractivity contribution in [2.75, 3.05) is 6.54 Å². The molecular formula is C14H18N2O4. The van der Waals surface area contributed by atoms with Gasteiger partial charge in [-0.05, 0) is 32.4 Å². The van der Waals surface area contributed by atoms with Gasteiger partial charge in [0.1, 0.15) is 17.6 Å². The highest BCUT2D eigenvalue weighted by atomic mass is 16.5. The van der Waals surface area contributed by atoms with Crippen LogP contribution in [0.2, 0.25) is 0 Å². The summed E-state index contributed by atoms with van der Waals surface area (Å²) >= 11 is 0. The maximum absolute atomic E-state index is 11.7. The van der Waals surface area contributed by atoms with E-state index in [1.807, 2.05) is 13.8 Å². The molecule has 1 amide bonds. The average molecular weight is 278 g/mol. The molecule has 0 spiro atoms. The van der Waals surface area contributed by atoms with Crippen LogP contribution in [-0.2, 0) is 11.2 Å². The molecule has 0 aliphatic heterocycles. The van der Waals surface area contributed by atoms with Crippen LogP contribution in [0.25, 0.3) is 0 Å². The first-order valence-corrected chi connectivity index (χ1v) is 6.48. The van der Waals surface area contributed by atoms with E-state index in [2.05, 4.69) is 10.5 Å². The molecule has 6 heteroatoms. The first-order valence-electron chi connectivity index (χ1n) is 6.48. The van der Waals surface area contributed by atoms with Crippen LogP contribution >= 0.6 is 0 Å². The van der Waals surface area contributed by atoms with Crippen LogP contribution in [0, 0.1) is 13.8 Å². The van der Waals surface area contributed by atoms with Crippen molar-refractivity contribution in [2.45, 2.75) is 32.8 Å². The van der Waals surface area contributed by atoms with E-state index < -0.39 is 6.10 Å². The summed E-state index contributed by atoms with van der Waals surface area (Å²) in [5.74, 6) is 1.05. The van der Waals surface area contributed by atoms with Gasteiger partial charge in [0.25, 0.3) is 0 Å². The van der Waals surface area contributed by atoms with Crippen LogP contribution in [0.3, 0.4) is 0 Å². The van der Waals surface area contributed by atoms with E-state index in [1.165, 1.54) is 6.26 Å². The third-order valence-corrected chi connectivity index (χ3v) is 3.15. The lowest BCUT2D eigenvalue weighted by Gasteiger charge is -2.09. The van der Waals surface area contributed by atoms with Crippen LogP contribution in [0.1, 0.15) is 35.3 Å². The summed E-state index contributed by atoms with van der Waals surface area (Å²) in [6, 6.07) is 3.36. The van der Waals surface area contributed by atoms with Gasteiger partial charge in [-0.3, -0.25) is 4.79 Å². The number of carbonyl (C=O) groups excluding carboxylic acids is 1. The number of nitrogens with one attached hydrogen (secondary N) is 1. The van der Waals surface area contributed by atoms with Gasteiger partial charge >= 0.3 is 0 Å². The Morgan fingerprint density at radius 1 is 1.50 bits per heavy atom. The summed E-state index contributed by atoms with van der Waals surface area (Å²) in [5, 5.41) is 16.3. The highest BCUT2D eigenvalue weighted by Gasteiger charge is 2.14. The summed E-state index contributed by atoms with van der Waals surface area (Å²) < 4.78 is 10.1. The third-order valence-electron chi connectivity index (χ3n) is 3.15. The molecule has 20 heavy (non-hydrogen) atoms. The van der Waals surface area contributed by atoms with Crippen molar-refractivity contribution in [2.24, 2.45) is 0 Å². The van der Waals surface area contributed by atoms with Gasteiger partial charge in [-0.25, -0.2) is 0 Å². The molecule has 2 heterocycles. The number of rotatable bonds is 6. The lowest BCUT2D eigenvalue weighted by atomic mass is 10.1. The van der Waals surface area contributed by atoms with Crippen molar-refractivity contribution >= 4 is 5.91 Å². The second kappa shape index (κ2) is 6.38. The van der Waals surface area contributed by atoms with Gasteiger partial charge in [0.2, 0.25) is 5.91 Å². The molecule has 2 N–H and O–H groups in total. The van der Waals surface area contributed by atoms with Crippen molar-refractivity contribution in [3.8, 4) is 0 Å². The predicted octanol–water partition coefficient (Wildman–Crippen LogP) is 1.67. The van der Waals surface area contributed by atoms with Crippen molar-refractivity contribution in [3.63, 3.8) is 0 Å². The number of hydrogen-bond acceptors (Lipinski definition) is 5. The Bertz CT molecular complexity index is 540. The molecule has 6 nitrogen and oxygen atoms in total. The zero-order valence-electron chi connectivity index (χ0n) is 11.5. The van der Waals surface area contributed by atoms with Crippen molar-refractivity contribution < 1.29 is 18.8 Å². The number of aromatic nitrogens is 1. The Kier molecular flexibility index (Phi) is 4.57. The third kappa shape index (κ3) is 3.48. The van der Waals surface area contributed by atoms with Crippen LogP contribution < -0.4 is 5.32 Å². The van der Waals surface area contributed by atoms with E-state index in [0.29, 0.717) is 18.6 Å². The molecule has 0 saturated carbocycles. The minimum atomic E-state index is -0.826. The molecule has 0 aliphatic carbocycles. The number of furan rings is 1. The maximum Gasteiger partial charge on any atom is 0.220 e. The largest absolute Gasteiger partial charge is 0.467 e. The van der Waals surface area contributed by atoms with E-state index in [4.69, 9.17) is 8.94 Å². The number of carbonyl (C=O) groups is 1. The lowest BCUT2D eigenvalue weighted by molar-refractivity contribution is -0.121. The van der Waals surface area contributed by atoms with Gasteiger partial charge in [0, 0.05) is 12.0 Å². The molecule has 0 saturated heterocycles. The molecular weight excluding hydrogens is 260 g/mol. The predicted molar refractivity (Wildman–Crippen MR) is 71.0 cm³/mol. The molecule has 2 aromatic rings. The molecule has 1 atom stereocenters. The van der Waals surface area contributed by atoms with Crippen molar-refractivity contribution in [3.05, 3.63) is 41.2 Å². The first-order chi connectivity index (χ1) is 9.58. The fraction of sp³-hybridized carbons (Fsp3) is 0.429.